The lowest BCUT2D eigenvalue weighted by Gasteiger charge is -1.93. The van der Waals surface area contributed by atoms with E-state index in [1.165, 1.54) is 5.56 Å². The molecule has 0 N–H and O–H groups in total. The maximum atomic E-state index is 3.70. The molecule has 1 aromatic heterocycles. The van der Waals surface area contributed by atoms with Crippen molar-refractivity contribution in [2.24, 2.45) is 7.05 Å². The quantitative estimate of drug-likeness (QED) is 0.512. The molecule has 0 saturated heterocycles. The third kappa shape index (κ3) is 1.24. The lowest BCUT2D eigenvalue weighted by atomic mass is 10.2. The zero-order valence-electron chi connectivity index (χ0n) is 6.46. The predicted molar refractivity (Wildman–Crippen MR) is 42.4 cm³/mol. The van der Waals surface area contributed by atoms with Gasteiger partial charge in [0, 0.05) is 17.7 Å². The van der Waals surface area contributed by atoms with Crippen LogP contribution in [0.3, 0.4) is 0 Å². The summed E-state index contributed by atoms with van der Waals surface area (Å²) < 4.78 is 2.06. The molecule has 0 unspecified atom stereocenters. The number of rotatable bonds is 1. The van der Waals surface area contributed by atoms with E-state index in [4.69, 9.17) is 0 Å². The number of aryl methyl sites for hydroxylation is 2. The normalized spacial score (nSPS) is 9.40. The van der Waals surface area contributed by atoms with Gasteiger partial charge in [0.15, 0.2) is 6.20 Å². The maximum Gasteiger partial charge on any atom is 0.204 e. The van der Waals surface area contributed by atoms with Gasteiger partial charge in [-0.15, -0.1) is 0 Å². The second kappa shape index (κ2) is 2.65. The SMILES string of the molecule is C=Cc1ccc(C)c[n+]1C. The highest BCUT2D eigenvalue weighted by Gasteiger charge is 1.99. The van der Waals surface area contributed by atoms with E-state index in [2.05, 4.69) is 36.4 Å². The Kier molecular flexibility index (Phi) is 1.86. The van der Waals surface area contributed by atoms with Gasteiger partial charge in [0.05, 0.1) is 0 Å². The second-order valence-electron chi connectivity index (χ2n) is 2.45. The molecule has 0 aliphatic carbocycles. The summed E-state index contributed by atoms with van der Waals surface area (Å²) in [5.74, 6) is 0. The van der Waals surface area contributed by atoms with Crippen molar-refractivity contribution in [2.45, 2.75) is 6.92 Å². The Bertz CT molecular complexity index is 251. The van der Waals surface area contributed by atoms with Crippen LogP contribution in [0.1, 0.15) is 11.3 Å². The summed E-state index contributed by atoms with van der Waals surface area (Å²) in [7, 11) is 2.02. The smallest absolute Gasteiger partial charge is 0.201 e. The molecule has 0 bridgehead atoms. The van der Waals surface area contributed by atoms with E-state index in [9.17, 15) is 0 Å². The van der Waals surface area contributed by atoms with Crippen molar-refractivity contribution in [3.63, 3.8) is 0 Å². The number of aromatic nitrogens is 1. The van der Waals surface area contributed by atoms with Gasteiger partial charge in [0.2, 0.25) is 5.69 Å². The van der Waals surface area contributed by atoms with Crippen molar-refractivity contribution >= 4 is 6.08 Å². The first-order valence-corrected chi connectivity index (χ1v) is 3.33. The Morgan fingerprint density at radius 1 is 1.50 bits per heavy atom. The lowest BCUT2D eigenvalue weighted by Crippen LogP contribution is -2.31. The topological polar surface area (TPSA) is 3.88 Å². The van der Waals surface area contributed by atoms with E-state index in [1.54, 1.807) is 0 Å². The van der Waals surface area contributed by atoms with E-state index in [0.717, 1.165) is 5.69 Å². The standard InChI is InChI=1S/C9H12N/c1-4-9-6-5-8(2)7-10(9)3/h4-7H,1H2,2-3H3/q+1. The Balaban J connectivity index is 3.19. The van der Waals surface area contributed by atoms with Gasteiger partial charge in [-0.25, -0.2) is 4.57 Å². The van der Waals surface area contributed by atoms with Gasteiger partial charge in [-0.1, -0.05) is 6.58 Å². The molecule has 1 rings (SSSR count). The van der Waals surface area contributed by atoms with Crippen molar-refractivity contribution in [3.8, 4) is 0 Å². The molecule has 0 fully saturated rings. The number of pyridine rings is 1. The van der Waals surface area contributed by atoms with Crippen LogP contribution in [0.2, 0.25) is 0 Å². The molecule has 0 radical (unpaired) electrons. The van der Waals surface area contributed by atoms with Crippen molar-refractivity contribution in [1.82, 2.24) is 0 Å². The van der Waals surface area contributed by atoms with Crippen LogP contribution in [0.15, 0.2) is 24.9 Å². The van der Waals surface area contributed by atoms with Crippen molar-refractivity contribution in [1.29, 1.82) is 0 Å². The minimum absolute atomic E-state index is 1.14. The van der Waals surface area contributed by atoms with Gasteiger partial charge in [0.1, 0.15) is 7.05 Å². The van der Waals surface area contributed by atoms with Gasteiger partial charge in [-0.3, -0.25) is 0 Å². The van der Waals surface area contributed by atoms with Crippen LogP contribution in [0.25, 0.3) is 6.08 Å². The van der Waals surface area contributed by atoms with Gasteiger partial charge >= 0.3 is 0 Å². The molecule has 1 aromatic rings. The van der Waals surface area contributed by atoms with Gasteiger partial charge in [-0.2, -0.15) is 0 Å². The molecule has 0 spiro atoms. The zero-order valence-corrected chi connectivity index (χ0v) is 6.46. The molecule has 1 heterocycles. The third-order valence-corrected chi connectivity index (χ3v) is 1.53. The van der Waals surface area contributed by atoms with E-state index in [0.29, 0.717) is 0 Å². The fraction of sp³-hybridized carbons (Fsp3) is 0.222. The molecule has 10 heavy (non-hydrogen) atoms. The van der Waals surface area contributed by atoms with Crippen LogP contribution in [0.5, 0.6) is 0 Å². The van der Waals surface area contributed by atoms with Crippen LogP contribution in [0, 0.1) is 6.92 Å². The van der Waals surface area contributed by atoms with Crippen molar-refractivity contribution < 1.29 is 4.57 Å². The van der Waals surface area contributed by atoms with Crippen molar-refractivity contribution in [3.05, 3.63) is 36.2 Å². The Morgan fingerprint density at radius 2 is 2.20 bits per heavy atom. The molecule has 0 atom stereocenters. The first kappa shape index (κ1) is 7.00. The fourth-order valence-electron chi connectivity index (χ4n) is 0.969. The summed E-state index contributed by atoms with van der Waals surface area (Å²) in [6.45, 7) is 5.78. The summed E-state index contributed by atoms with van der Waals surface area (Å²) >= 11 is 0. The highest BCUT2D eigenvalue weighted by molar-refractivity contribution is 5.37. The lowest BCUT2D eigenvalue weighted by molar-refractivity contribution is -0.673. The summed E-state index contributed by atoms with van der Waals surface area (Å²) in [5.41, 5.74) is 2.42. The summed E-state index contributed by atoms with van der Waals surface area (Å²) in [4.78, 5) is 0. The first-order chi connectivity index (χ1) is 4.74. The predicted octanol–water partition coefficient (Wildman–Crippen LogP) is 1.46. The molecule has 0 aliphatic rings. The number of nitrogens with zero attached hydrogens (tertiary/aromatic N) is 1. The van der Waals surface area contributed by atoms with Gasteiger partial charge in [-0.05, 0) is 13.0 Å². The largest absolute Gasteiger partial charge is 0.204 e. The van der Waals surface area contributed by atoms with Crippen molar-refractivity contribution in [2.75, 3.05) is 0 Å². The zero-order chi connectivity index (χ0) is 7.56. The van der Waals surface area contributed by atoms with Gasteiger partial charge < -0.3 is 0 Å². The molecule has 52 valence electrons. The Hall–Kier alpha value is -1.11. The summed E-state index contributed by atoms with van der Waals surface area (Å²) in [6, 6.07) is 4.14. The molecule has 0 aliphatic heterocycles. The maximum absolute atomic E-state index is 3.70. The van der Waals surface area contributed by atoms with E-state index in [1.807, 2.05) is 13.1 Å². The van der Waals surface area contributed by atoms with E-state index in [-0.39, 0.29) is 0 Å². The average molecular weight is 134 g/mol. The Morgan fingerprint density at radius 3 is 2.70 bits per heavy atom. The molecule has 0 aromatic carbocycles. The molecule has 0 saturated carbocycles. The molecule has 0 amide bonds. The van der Waals surface area contributed by atoms with E-state index < -0.39 is 0 Å². The third-order valence-electron chi connectivity index (χ3n) is 1.53. The number of hydrogen-bond donors (Lipinski definition) is 0. The number of hydrogen-bond acceptors (Lipinski definition) is 0. The molecule has 1 heteroatoms. The fourth-order valence-corrected chi connectivity index (χ4v) is 0.969. The highest BCUT2D eigenvalue weighted by Crippen LogP contribution is 1.95. The minimum Gasteiger partial charge on any atom is -0.201 e. The summed E-state index contributed by atoms with van der Waals surface area (Å²) in [6.07, 6.45) is 3.93. The minimum atomic E-state index is 1.14. The van der Waals surface area contributed by atoms with Crippen LogP contribution in [0.4, 0.5) is 0 Å². The Labute approximate surface area is 61.6 Å². The van der Waals surface area contributed by atoms with Crippen LogP contribution < -0.4 is 4.57 Å². The molecular formula is C9H12N+. The van der Waals surface area contributed by atoms with Crippen LogP contribution in [-0.2, 0) is 7.05 Å². The van der Waals surface area contributed by atoms with Crippen LogP contribution >= 0.6 is 0 Å². The second-order valence-corrected chi connectivity index (χ2v) is 2.45. The average Bonchev–Trinajstić information content (AvgIpc) is 1.88. The summed E-state index contributed by atoms with van der Waals surface area (Å²) in [5, 5.41) is 0. The van der Waals surface area contributed by atoms with E-state index >= 15 is 0 Å². The first-order valence-electron chi connectivity index (χ1n) is 3.33. The van der Waals surface area contributed by atoms with Gasteiger partial charge in [0.25, 0.3) is 0 Å². The van der Waals surface area contributed by atoms with Crippen LogP contribution in [-0.4, -0.2) is 0 Å². The monoisotopic (exact) mass is 134 g/mol. The highest BCUT2D eigenvalue weighted by atomic mass is 14.9. The molecule has 1 nitrogen and oxygen atoms in total. The molecular weight excluding hydrogens is 122 g/mol.